The van der Waals surface area contributed by atoms with Crippen LogP contribution in [0.4, 0.5) is 10.3 Å². The maximum Gasteiger partial charge on any atom is 0.332 e. The summed E-state index contributed by atoms with van der Waals surface area (Å²) in [6, 6.07) is 4.24. The van der Waals surface area contributed by atoms with Crippen molar-refractivity contribution in [1.82, 2.24) is 18.7 Å². The third-order valence-corrected chi connectivity index (χ3v) is 6.38. The van der Waals surface area contributed by atoms with E-state index < -0.39 is 11.4 Å². The Bertz CT molecular complexity index is 1230. The molecule has 3 aromatic rings. The lowest BCUT2D eigenvalue weighted by atomic mass is 10.1. The molecule has 0 unspecified atom stereocenters. The normalized spacial score (nSPS) is 14.6. The number of imidazole rings is 1. The molecule has 0 aliphatic carbocycles. The van der Waals surface area contributed by atoms with Crippen LogP contribution >= 0.6 is 11.6 Å². The Balaban J connectivity index is 2.06. The molecular formula is C23H29ClFN5O2. The van der Waals surface area contributed by atoms with Gasteiger partial charge in [-0.3, -0.25) is 18.5 Å². The maximum absolute atomic E-state index is 14.7. The minimum absolute atomic E-state index is 0.0610. The van der Waals surface area contributed by atoms with E-state index in [0.29, 0.717) is 34.2 Å². The first-order valence-electron chi connectivity index (χ1n) is 11.3. The predicted octanol–water partition coefficient (Wildman–Crippen LogP) is 4.18. The molecule has 0 radical (unpaired) electrons. The zero-order valence-corrected chi connectivity index (χ0v) is 19.5. The zero-order chi connectivity index (χ0) is 23.0. The minimum atomic E-state index is -0.435. The van der Waals surface area contributed by atoms with Crippen LogP contribution in [-0.2, 0) is 13.1 Å². The Labute approximate surface area is 191 Å². The highest BCUT2D eigenvalue weighted by Crippen LogP contribution is 2.28. The largest absolute Gasteiger partial charge is 0.342 e. The molecule has 0 saturated carbocycles. The molecule has 1 aliphatic rings. The minimum Gasteiger partial charge on any atom is -0.342 e. The molecular weight excluding hydrogens is 433 g/mol. The number of hydrogen-bond donors (Lipinski definition) is 0. The van der Waals surface area contributed by atoms with Crippen molar-refractivity contribution >= 4 is 28.7 Å². The molecule has 1 aromatic carbocycles. The quantitative estimate of drug-likeness (QED) is 0.552. The summed E-state index contributed by atoms with van der Waals surface area (Å²) in [5, 5.41) is 0.294. The highest BCUT2D eigenvalue weighted by molar-refractivity contribution is 6.31. The van der Waals surface area contributed by atoms with E-state index in [1.165, 1.54) is 10.6 Å². The zero-order valence-electron chi connectivity index (χ0n) is 18.8. The van der Waals surface area contributed by atoms with Crippen LogP contribution in [0.1, 0.15) is 58.1 Å². The first-order valence-corrected chi connectivity index (χ1v) is 11.7. The van der Waals surface area contributed by atoms with Crippen molar-refractivity contribution in [3.05, 3.63) is 55.4 Å². The second kappa shape index (κ2) is 9.10. The predicted molar refractivity (Wildman–Crippen MR) is 126 cm³/mol. The van der Waals surface area contributed by atoms with Crippen LogP contribution in [0.15, 0.2) is 27.8 Å². The fourth-order valence-corrected chi connectivity index (χ4v) is 4.68. The fourth-order valence-electron chi connectivity index (χ4n) is 4.46. The number of anilines is 1. The number of nitrogens with zero attached hydrogens (tertiary/aromatic N) is 5. The SMILES string of the molecule is CCCn1c(=O)n(C(C)C)c(=O)c2c1nc(N1CCCCC1)n2Cc1c(F)cccc1Cl. The van der Waals surface area contributed by atoms with Crippen molar-refractivity contribution in [1.29, 1.82) is 0 Å². The maximum atomic E-state index is 14.7. The Kier molecular flexibility index (Phi) is 6.42. The first-order chi connectivity index (χ1) is 15.3. The molecule has 2 aromatic heterocycles. The summed E-state index contributed by atoms with van der Waals surface area (Å²) in [6.07, 6.45) is 3.89. The lowest BCUT2D eigenvalue weighted by Gasteiger charge is -2.28. The Morgan fingerprint density at radius 2 is 1.84 bits per heavy atom. The van der Waals surface area contributed by atoms with Crippen LogP contribution in [0, 0.1) is 5.82 Å². The van der Waals surface area contributed by atoms with E-state index in [1.54, 1.807) is 21.3 Å². The molecule has 4 rings (SSSR count). The molecule has 1 fully saturated rings. The molecule has 172 valence electrons. The van der Waals surface area contributed by atoms with Gasteiger partial charge in [-0.15, -0.1) is 0 Å². The van der Waals surface area contributed by atoms with Crippen molar-refractivity contribution in [2.75, 3.05) is 18.0 Å². The first kappa shape index (κ1) is 22.6. The molecule has 1 saturated heterocycles. The van der Waals surface area contributed by atoms with Crippen LogP contribution in [0.2, 0.25) is 5.02 Å². The molecule has 1 aliphatic heterocycles. The number of rotatable bonds is 6. The number of aryl methyl sites for hydroxylation is 1. The van der Waals surface area contributed by atoms with Crippen molar-refractivity contribution in [2.24, 2.45) is 0 Å². The number of halogens is 2. The second-order valence-corrected chi connectivity index (χ2v) is 9.03. The van der Waals surface area contributed by atoms with Crippen LogP contribution < -0.4 is 16.1 Å². The lowest BCUT2D eigenvalue weighted by Crippen LogP contribution is -2.41. The molecule has 0 atom stereocenters. The number of piperidine rings is 1. The summed E-state index contributed by atoms with van der Waals surface area (Å²) < 4.78 is 19.3. The van der Waals surface area contributed by atoms with Gasteiger partial charge in [-0.2, -0.15) is 4.98 Å². The van der Waals surface area contributed by atoms with Crippen LogP contribution in [0.5, 0.6) is 0 Å². The number of hydrogen-bond acceptors (Lipinski definition) is 4. The van der Waals surface area contributed by atoms with Gasteiger partial charge in [0.2, 0.25) is 5.95 Å². The number of aromatic nitrogens is 4. The molecule has 0 N–H and O–H groups in total. The van der Waals surface area contributed by atoms with Crippen molar-refractivity contribution < 1.29 is 4.39 Å². The summed E-state index contributed by atoms with van der Waals surface area (Å²) in [5.74, 6) is 0.150. The van der Waals surface area contributed by atoms with Gasteiger partial charge < -0.3 is 4.90 Å². The summed E-state index contributed by atoms with van der Waals surface area (Å²) in [4.78, 5) is 33.7. The van der Waals surface area contributed by atoms with Crippen LogP contribution in [0.25, 0.3) is 11.2 Å². The third kappa shape index (κ3) is 3.85. The molecule has 0 spiro atoms. The van der Waals surface area contributed by atoms with Gasteiger partial charge in [-0.25, -0.2) is 9.18 Å². The van der Waals surface area contributed by atoms with Crippen molar-refractivity contribution in [2.45, 2.75) is 65.6 Å². The molecule has 9 heteroatoms. The average Bonchev–Trinajstić information content (AvgIpc) is 3.13. The summed E-state index contributed by atoms with van der Waals surface area (Å²) in [5.41, 5.74) is 0.197. The Morgan fingerprint density at radius 3 is 2.47 bits per heavy atom. The van der Waals surface area contributed by atoms with Gasteiger partial charge in [-0.05, 0) is 51.7 Å². The van der Waals surface area contributed by atoms with Crippen molar-refractivity contribution in [3.8, 4) is 0 Å². The number of benzene rings is 1. The molecule has 7 nitrogen and oxygen atoms in total. The van der Waals surface area contributed by atoms with E-state index >= 15 is 0 Å². The molecule has 0 bridgehead atoms. The standard InChI is InChI=1S/C23H29ClFN5O2/c1-4-11-28-20-19(21(31)30(15(2)3)23(28)32)29(14-16-17(24)9-8-10-18(16)25)22(26-20)27-12-6-5-7-13-27/h8-10,15H,4-7,11-14H2,1-3H3. The van der Waals surface area contributed by atoms with Gasteiger partial charge in [0.25, 0.3) is 5.56 Å². The fraction of sp³-hybridized carbons (Fsp3) is 0.522. The molecule has 0 amide bonds. The smallest absolute Gasteiger partial charge is 0.332 e. The van der Waals surface area contributed by atoms with E-state index in [2.05, 4.69) is 4.90 Å². The second-order valence-electron chi connectivity index (χ2n) is 8.62. The summed E-state index contributed by atoms with van der Waals surface area (Å²) in [7, 11) is 0. The van der Waals surface area contributed by atoms with Gasteiger partial charge in [0.15, 0.2) is 11.2 Å². The third-order valence-electron chi connectivity index (χ3n) is 6.02. The van der Waals surface area contributed by atoms with E-state index in [9.17, 15) is 14.0 Å². The Hall–Kier alpha value is -2.61. The Morgan fingerprint density at radius 1 is 1.12 bits per heavy atom. The summed E-state index contributed by atoms with van der Waals surface area (Å²) in [6.45, 7) is 7.70. The van der Waals surface area contributed by atoms with Crippen molar-refractivity contribution in [3.63, 3.8) is 0 Å². The van der Waals surface area contributed by atoms with Crippen LogP contribution in [0.3, 0.4) is 0 Å². The van der Waals surface area contributed by atoms with E-state index in [4.69, 9.17) is 16.6 Å². The van der Waals surface area contributed by atoms with Gasteiger partial charge in [0.1, 0.15) is 5.82 Å². The average molecular weight is 462 g/mol. The van der Waals surface area contributed by atoms with Gasteiger partial charge in [0, 0.05) is 36.3 Å². The monoisotopic (exact) mass is 461 g/mol. The highest BCUT2D eigenvalue weighted by atomic mass is 35.5. The molecule has 32 heavy (non-hydrogen) atoms. The highest BCUT2D eigenvalue weighted by Gasteiger charge is 2.26. The van der Waals surface area contributed by atoms with E-state index in [1.807, 2.05) is 20.8 Å². The van der Waals surface area contributed by atoms with E-state index in [-0.39, 0.29) is 18.3 Å². The van der Waals surface area contributed by atoms with Gasteiger partial charge in [0.05, 0.1) is 6.54 Å². The van der Waals surface area contributed by atoms with Crippen LogP contribution in [-0.4, -0.2) is 31.8 Å². The topological polar surface area (TPSA) is 65.1 Å². The lowest BCUT2D eigenvalue weighted by molar-refractivity contribution is 0.508. The van der Waals surface area contributed by atoms with E-state index in [0.717, 1.165) is 38.8 Å². The number of fused-ring (bicyclic) bond motifs is 1. The van der Waals surface area contributed by atoms with Gasteiger partial charge >= 0.3 is 5.69 Å². The summed E-state index contributed by atoms with van der Waals surface area (Å²) >= 11 is 6.34. The van der Waals surface area contributed by atoms with Gasteiger partial charge in [-0.1, -0.05) is 24.6 Å². The molecule has 3 heterocycles.